The largest absolute Gasteiger partial charge is 0.481 e. The highest BCUT2D eigenvalue weighted by Gasteiger charge is 2.55. The number of carboxylic acid groups (broad SMARTS) is 1. The quantitative estimate of drug-likeness (QED) is 0.873. The lowest BCUT2D eigenvalue weighted by atomic mass is 9.96. The number of alkyl halides is 3. The van der Waals surface area contributed by atoms with Crippen LogP contribution >= 0.6 is 0 Å². The number of carboxylic acids is 1. The van der Waals surface area contributed by atoms with Crippen molar-refractivity contribution < 1.29 is 31.5 Å². The lowest BCUT2D eigenvalue weighted by molar-refractivity contribution is -0.187. The highest BCUT2D eigenvalue weighted by Crippen LogP contribution is 2.41. The topological polar surface area (TPSA) is 79.6 Å². The molecule has 0 amide bonds. The average Bonchev–Trinajstić information content (AvgIpc) is 3.10. The molecule has 0 unspecified atom stereocenters. The number of sulfonamides is 1. The number of halogens is 3. The molecule has 2 aromatic rings. The lowest BCUT2D eigenvalue weighted by Crippen LogP contribution is -2.34. The summed E-state index contributed by atoms with van der Waals surface area (Å²) in [6, 6.07) is 6.67. The molecule has 0 spiro atoms. The summed E-state index contributed by atoms with van der Waals surface area (Å²) in [7, 11) is -2.62. The highest BCUT2D eigenvalue weighted by molar-refractivity contribution is 7.89. The molecule has 1 aromatic heterocycles. The summed E-state index contributed by atoms with van der Waals surface area (Å²) >= 11 is 0. The number of nitrogens with zero attached hydrogens (tertiary/aromatic N) is 2. The number of fused-ring (bicyclic) bond motifs is 1. The number of carbonyl (C=O) groups is 1. The Bertz CT molecular complexity index is 981. The second kappa shape index (κ2) is 5.98. The van der Waals surface area contributed by atoms with Crippen LogP contribution in [0.2, 0.25) is 0 Å². The number of aliphatic carboxylic acids is 1. The summed E-state index contributed by atoms with van der Waals surface area (Å²) in [5.74, 6) is -5.70. The fourth-order valence-corrected chi connectivity index (χ4v) is 5.42. The van der Waals surface area contributed by atoms with E-state index in [0.29, 0.717) is 20.9 Å². The Morgan fingerprint density at radius 2 is 1.85 bits per heavy atom. The maximum Gasteiger partial charge on any atom is 0.393 e. The number of hydrogen-bond donors (Lipinski definition) is 1. The van der Waals surface area contributed by atoms with Crippen molar-refractivity contribution in [3.05, 3.63) is 30.0 Å². The van der Waals surface area contributed by atoms with Gasteiger partial charge in [0.25, 0.3) is 0 Å². The van der Waals surface area contributed by atoms with Gasteiger partial charge in [0.1, 0.15) is 4.90 Å². The number of benzene rings is 1. The van der Waals surface area contributed by atoms with Gasteiger partial charge < -0.3 is 9.67 Å². The number of aryl methyl sites for hydroxylation is 1. The monoisotopic (exact) mass is 390 g/mol. The molecule has 1 fully saturated rings. The van der Waals surface area contributed by atoms with Crippen LogP contribution in [-0.2, 0) is 21.9 Å². The Morgan fingerprint density at radius 1 is 1.23 bits per heavy atom. The molecule has 1 saturated heterocycles. The third-order valence-corrected chi connectivity index (χ3v) is 6.97. The Kier molecular flexibility index (Phi) is 4.31. The maximum atomic E-state index is 13.2. The van der Waals surface area contributed by atoms with E-state index in [-0.39, 0.29) is 4.90 Å². The smallest absolute Gasteiger partial charge is 0.393 e. The Labute approximate surface area is 147 Å². The fourth-order valence-electron chi connectivity index (χ4n) is 3.49. The predicted molar refractivity (Wildman–Crippen MR) is 87.1 cm³/mol. The first-order valence-corrected chi connectivity index (χ1v) is 9.24. The minimum Gasteiger partial charge on any atom is -0.481 e. The molecule has 1 N–H and O–H groups in total. The van der Waals surface area contributed by atoms with Crippen molar-refractivity contribution in [2.45, 2.75) is 18.0 Å². The van der Waals surface area contributed by atoms with Crippen molar-refractivity contribution in [2.75, 3.05) is 13.1 Å². The minimum absolute atomic E-state index is 0.0810. The molecular weight excluding hydrogens is 373 g/mol. The average molecular weight is 390 g/mol. The zero-order valence-electron chi connectivity index (χ0n) is 14.0. The van der Waals surface area contributed by atoms with Gasteiger partial charge in [-0.05, 0) is 13.0 Å². The van der Waals surface area contributed by atoms with Gasteiger partial charge in [0, 0.05) is 36.7 Å². The first-order valence-electron chi connectivity index (χ1n) is 7.80. The van der Waals surface area contributed by atoms with Crippen molar-refractivity contribution in [2.24, 2.45) is 18.9 Å². The number of para-hydroxylation sites is 1. The molecule has 0 saturated carbocycles. The van der Waals surface area contributed by atoms with E-state index in [1.807, 2.05) is 0 Å². The van der Waals surface area contributed by atoms with E-state index in [2.05, 4.69) is 0 Å². The first kappa shape index (κ1) is 18.7. The van der Waals surface area contributed by atoms with Crippen molar-refractivity contribution >= 4 is 26.9 Å². The molecule has 3 rings (SSSR count). The van der Waals surface area contributed by atoms with E-state index in [1.54, 1.807) is 42.8 Å². The second-order valence-electron chi connectivity index (χ2n) is 6.41. The van der Waals surface area contributed by atoms with Crippen LogP contribution in [0.4, 0.5) is 13.2 Å². The number of rotatable bonds is 3. The van der Waals surface area contributed by atoms with Gasteiger partial charge in [0.2, 0.25) is 10.0 Å². The molecule has 1 aliphatic rings. The Morgan fingerprint density at radius 3 is 2.38 bits per heavy atom. The fraction of sp³-hybridized carbons (Fsp3) is 0.438. The Hall–Kier alpha value is -2.07. The van der Waals surface area contributed by atoms with Crippen LogP contribution in [0.5, 0.6) is 0 Å². The van der Waals surface area contributed by atoms with Crippen LogP contribution in [0.15, 0.2) is 29.2 Å². The summed E-state index contributed by atoms with van der Waals surface area (Å²) < 4.78 is 68.0. The van der Waals surface area contributed by atoms with Gasteiger partial charge in [-0.15, -0.1) is 0 Å². The molecule has 2 heterocycles. The standard InChI is InChI=1S/C16H17F3N2O4S/c1-9-14(10-5-3-4-6-13(10)20(9)2)26(24,25)21-7-11(15(22)23)12(8-21)16(17,18)19/h3-6,11-12H,7-8H2,1-2H3,(H,22,23)/t11-,12-/m1/s1. The van der Waals surface area contributed by atoms with Gasteiger partial charge in [-0.2, -0.15) is 17.5 Å². The molecule has 0 bridgehead atoms. The Balaban J connectivity index is 2.11. The van der Waals surface area contributed by atoms with E-state index < -0.39 is 47.1 Å². The summed E-state index contributed by atoms with van der Waals surface area (Å²) in [5.41, 5.74) is 1.01. The molecule has 2 atom stereocenters. The molecule has 0 aliphatic carbocycles. The summed E-state index contributed by atoms with van der Waals surface area (Å²) in [6.45, 7) is -0.0329. The van der Waals surface area contributed by atoms with Crippen molar-refractivity contribution in [3.63, 3.8) is 0 Å². The van der Waals surface area contributed by atoms with Crippen LogP contribution in [0.25, 0.3) is 10.9 Å². The zero-order chi connectivity index (χ0) is 19.4. The van der Waals surface area contributed by atoms with Gasteiger partial charge in [0.15, 0.2) is 0 Å². The zero-order valence-corrected chi connectivity index (χ0v) is 14.8. The third-order valence-electron chi connectivity index (χ3n) is 4.96. The molecule has 10 heteroatoms. The maximum absolute atomic E-state index is 13.2. The van der Waals surface area contributed by atoms with Crippen LogP contribution in [0.3, 0.4) is 0 Å². The van der Waals surface area contributed by atoms with Gasteiger partial charge >= 0.3 is 12.1 Å². The third kappa shape index (κ3) is 2.77. The number of aromatic nitrogens is 1. The van der Waals surface area contributed by atoms with Crippen LogP contribution < -0.4 is 0 Å². The number of hydrogen-bond acceptors (Lipinski definition) is 3. The van der Waals surface area contributed by atoms with E-state index in [0.717, 1.165) is 0 Å². The van der Waals surface area contributed by atoms with Gasteiger partial charge in [-0.3, -0.25) is 4.79 Å². The van der Waals surface area contributed by atoms with Crippen molar-refractivity contribution in [1.82, 2.24) is 8.87 Å². The van der Waals surface area contributed by atoms with E-state index in [4.69, 9.17) is 5.11 Å². The minimum atomic E-state index is -4.79. The first-order chi connectivity index (χ1) is 12.0. The lowest BCUT2D eigenvalue weighted by Gasteiger charge is -2.18. The van der Waals surface area contributed by atoms with E-state index in [9.17, 15) is 26.4 Å². The molecule has 0 radical (unpaired) electrons. The van der Waals surface area contributed by atoms with E-state index >= 15 is 0 Å². The molecule has 142 valence electrons. The van der Waals surface area contributed by atoms with Crippen molar-refractivity contribution in [3.8, 4) is 0 Å². The van der Waals surface area contributed by atoms with Crippen molar-refractivity contribution in [1.29, 1.82) is 0 Å². The molecule has 1 aliphatic heterocycles. The summed E-state index contributed by atoms with van der Waals surface area (Å²) in [5, 5.41) is 9.50. The normalized spacial score (nSPS) is 22.2. The molecule has 1 aromatic carbocycles. The van der Waals surface area contributed by atoms with Crippen LogP contribution in [0.1, 0.15) is 5.69 Å². The highest BCUT2D eigenvalue weighted by atomic mass is 32.2. The molecule has 6 nitrogen and oxygen atoms in total. The predicted octanol–water partition coefficient (Wildman–Crippen LogP) is 2.37. The second-order valence-corrected chi connectivity index (χ2v) is 8.28. The summed E-state index contributed by atoms with van der Waals surface area (Å²) in [6.07, 6.45) is -4.79. The van der Waals surface area contributed by atoms with Gasteiger partial charge in [-0.25, -0.2) is 8.42 Å². The van der Waals surface area contributed by atoms with Gasteiger partial charge in [-0.1, -0.05) is 18.2 Å². The molecular formula is C16H17F3N2O4S. The van der Waals surface area contributed by atoms with Gasteiger partial charge in [0.05, 0.1) is 11.8 Å². The van der Waals surface area contributed by atoms with Crippen LogP contribution in [0, 0.1) is 18.8 Å². The summed E-state index contributed by atoms with van der Waals surface area (Å²) in [4.78, 5) is 11.1. The SMILES string of the molecule is Cc1c(S(=O)(=O)N2C[C@@H](C(F)(F)F)[C@H](C(=O)O)C2)c2ccccc2n1C. The van der Waals surface area contributed by atoms with Crippen LogP contribution in [-0.4, -0.2) is 47.6 Å². The van der Waals surface area contributed by atoms with E-state index in [1.165, 1.54) is 0 Å². The molecule has 26 heavy (non-hydrogen) atoms.